The van der Waals surface area contributed by atoms with Crippen LogP contribution in [0.25, 0.3) is 10.9 Å². The number of aromatic nitrogens is 2. The number of alkyl halides is 3. The summed E-state index contributed by atoms with van der Waals surface area (Å²) in [5, 5.41) is 5.32. The summed E-state index contributed by atoms with van der Waals surface area (Å²) in [6.45, 7) is 7.66. The van der Waals surface area contributed by atoms with Crippen LogP contribution in [0.4, 0.5) is 19.0 Å². The maximum Gasteiger partial charge on any atom is 0.416 e. The van der Waals surface area contributed by atoms with Gasteiger partial charge in [0.05, 0.1) is 17.1 Å². The molecule has 2 aromatic carbocycles. The van der Waals surface area contributed by atoms with Crippen LogP contribution in [-0.4, -0.2) is 23.3 Å². The van der Waals surface area contributed by atoms with E-state index in [1.165, 1.54) is 24.6 Å². The van der Waals surface area contributed by atoms with E-state index in [1.54, 1.807) is 6.07 Å². The lowest BCUT2D eigenvalue weighted by Gasteiger charge is -2.21. The molecule has 1 heterocycles. The van der Waals surface area contributed by atoms with Crippen molar-refractivity contribution >= 4 is 45.9 Å². The zero-order valence-corrected chi connectivity index (χ0v) is 18.4. The second-order valence-corrected chi connectivity index (χ2v) is 9.95. The van der Waals surface area contributed by atoms with Crippen molar-refractivity contribution in [1.82, 2.24) is 9.97 Å². The molecule has 0 saturated carbocycles. The first-order valence-electron chi connectivity index (χ1n) is 8.64. The minimum absolute atomic E-state index is 0.224. The Balaban J connectivity index is 2.03. The normalized spacial score (nSPS) is 13.2. The van der Waals surface area contributed by atoms with Gasteiger partial charge in [-0.15, -0.1) is 0 Å². The Morgan fingerprint density at radius 3 is 2.50 bits per heavy atom. The highest BCUT2D eigenvalue weighted by atomic mass is 79.9. The molecule has 0 fully saturated rings. The zero-order valence-electron chi connectivity index (χ0n) is 15.9. The lowest BCUT2D eigenvalue weighted by atomic mass is 9.97. The summed E-state index contributed by atoms with van der Waals surface area (Å²) >= 11 is 3.60. The third-order valence-corrected chi connectivity index (χ3v) is 6.98. The van der Waals surface area contributed by atoms with Crippen LogP contribution in [0.5, 0.6) is 0 Å². The average Bonchev–Trinajstić information content (AvgIpc) is 2.60. The highest BCUT2D eigenvalue weighted by Crippen LogP contribution is 2.36. The highest BCUT2D eigenvalue weighted by molar-refractivity contribution is 9.10. The Morgan fingerprint density at radius 1 is 1.14 bits per heavy atom. The van der Waals surface area contributed by atoms with E-state index >= 15 is 0 Å². The van der Waals surface area contributed by atoms with Gasteiger partial charge in [0, 0.05) is 9.86 Å². The van der Waals surface area contributed by atoms with Crippen LogP contribution in [0, 0.1) is 6.92 Å². The molecule has 3 nitrogen and oxygen atoms in total. The molecule has 0 spiro atoms. The fraction of sp³-hybridized carbons (Fsp3) is 0.300. The summed E-state index contributed by atoms with van der Waals surface area (Å²) in [6.07, 6.45) is -2.91. The molecular formula is C20H20BrF3N3P. The minimum atomic E-state index is -4.37. The van der Waals surface area contributed by atoms with Gasteiger partial charge in [0.1, 0.15) is 12.1 Å². The molecule has 0 aliphatic heterocycles. The fourth-order valence-corrected chi connectivity index (χ4v) is 5.51. The number of halogens is 4. The number of fused-ring (bicyclic) bond motifs is 1. The first kappa shape index (κ1) is 21.0. The van der Waals surface area contributed by atoms with Crippen molar-refractivity contribution in [3.8, 4) is 0 Å². The fourth-order valence-electron chi connectivity index (χ4n) is 3.24. The molecule has 1 unspecified atom stereocenters. The average molecular weight is 470 g/mol. The van der Waals surface area contributed by atoms with E-state index < -0.39 is 11.7 Å². The minimum Gasteiger partial charge on any atom is -0.363 e. The molecule has 0 aliphatic carbocycles. The van der Waals surface area contributed by atoms with Gasteiger partial charge in [0.15, 0.2) is 0 Å². The lowest BCUT2D eigenvalue weighted by Crippen LogP contribution is -2.14. The Kier molecular flexibility index (Phi) is 5.97. The predicted octanol–water partition coefficient (Wildman–Crippen LogP) is 6.26. The van der Waals surface area contributed by atoms with Gasteiger partial charge in [-0.1, -0.05) is 36.0 Å². The molecule has 0 radical (unpaired) electrons. The highest BCUT2D eigenvalue weighted by Gasteiger charge is 2.33. The van der Waals surface area contributed by atoms with Crippen molar-refractivity contribution in [2.24, 2.45) is 0 Å². The molecule has 28 heavy (non-hydrogen) atoms. The quantitative estimate of drug-likeness (QED) is 0.458. The summed E-state index contributed by atoms with van der Waals surface area (Å²) in [5.74, 6) is 0.611. The summed E-state index contributed by atoms with van der Waals surface area (Å²) in [4.78, 5) is 8.68. The van der Waals surface area contributed by atoms with E-state index in [0.717, 1.165) is 21.4 Å². The van der Waals surface area contributed by atoms with Crippen LogP contribution in [0.15, 0.2) is 41.1 Å². The van der Waals surface area contributed by atoms with E-state index in [9.17, 15) is 13.2 Å². The molecule has 3 rings (SSSR count). The molecule has 148 valence electrons. The van der Waals surface area contributed by atoms with Crippen LogP contribution in [0.1, 0.15) is 29.7 Å². The van der Waals surface area contributed by atoms with Gasteiger partial charge in [0.2, 0.25) is 0 Å². The first-order chi connectivity index (χ1) is 13.1. The monoisotopic (exact) mass is 469 g/mol. The molecule has 1 aromatic heterocycles. The van der Waals surface area contributed by atoms with Gasteiger partial charge in [-0.05, 0) is 61.8 Å². The summed E-state index contributed by atoms with van der Waals surface area (Å²) in [5.41, 5.74) is 0.979. The molecule has 0 saturated heterocycles. The first-order valence-corrected chi connectivity index (χ1v) is 11.7. The van der Waals surface area contributed by atoms with Crippen LogP contribution >= 0.6 is 23.9 Å². The molecule has 8 heteroatoms. The van der Waals surface area contributed by atoms with Crippen molar-refractivity contribution in [3.05, 3.63) is 57.8 Å². The second-order valence-electron chi connectivity index (χ2n) is 6.82. The number of hydrogen-bond acceptors (Lipinski definition) is 3. The van der Waals surface area contributed by atoms with Gasteiger partial charge >= 0.3 is 6.18 Å². The Labute approximate surface area is 171 Å². The van der Waals surface area contributed by atoms with Crippen molar-refractivity contribution in [2.75, 3.05) is 18.6 Å². The largest absolute Gasteiger partial charge is 0.416 e. The van der Waals surface area contributed by atoms with Gasteiger partial charge < -0.3 is 5.32 Å². The SMILES string of the molecule is Cc1c(C(C)Nc2ncnc3cc(Br)c(P(C)C)cc23)cccc1C(F)(F)F. The topological polar surface area (TPSA) is 37.8 Å². The van der Waals surface area contributed by atoms with Gasteiger partial charge in [0.25, 0.3) is 0 Å². The van der Waals surface area contributed by atoms with E-state index in [-0.39, 0.29) is 19.5 Å². The summed E-state index contributed by atoms with van der Waals surface area (Å²) in [6, 6.07) is 7.93. The molecule has 0 aliphatic rings. The standard InChI is InChI=1S/C20H20BrF3N3P/c1-11-13(6-5-7-15(11)20(22,23)24)12(2)27-19-14-8-18(28(3)4)16(21)9-17(14)25-10-26-19/h5-10,12H,1-4H3,(H,25,26,27). The maximum absolute atomic E-state index is 13.2. The molecular weight excluding hydrogens is 450 g/mol. The van der Waals surface area contributed by atoms with Crippen molar-refractivity contribution in [3.63, 3.8) is 0 Å². The van der Waals surface area contributed by atoms with Crippen molar-refractivity contribution in [1.29, 1.82) is 0 Å². The van der Waals surface area contributed by atoms with E-state index in [4.69, 9.17) is 0 Å². The maximum atomic E-state index is 13.2. The van der Waals surface area contributed by atoms with Gasteiger partial charge in [-0.3, -0.25) is 0 Å². The van der Waals surface area contributed by atoms with E-state index in [2.05, 4.69) is 50.6 Å². The number of rotatable bonds is 4. The smallest absolute Gasteiger partial charge is 0.363 e. The Hall–Kier alpha value is -1.72. The van der Waals surface area contributed by atoms with Crippen LogP contribution in [0.3, 0.4) is 0 Å². The summed E-state index contributed by atoms with van der Waals surface area (Å²) < 4.78 is 40.7. The Bertz CT molecular complexity index is 1020. The van der Waals surface area contributed by atoms with Crippen LogP contribution in [-0.2, 0) is 6.18 Å². The van der Waals surface area contributed by atoms with Gasteiger partial charge in [-0.2, -0.15) is 13.2 Å². The van der Waals surface area contributed by atoms with Crippen molar-refractivity contribution < 1.29 is 13.2 Å². The predicted molar refractivity (Wildman–Crippen MR) is 114 cm³/mol. The van der Waals surface area contributed by atoms with Crippen LogP contribution < -0.4 is 10.6 Å². The number of hydrogen-bond donors (Lipinski definition) is 1. The van der Waals surface area contributed by atoms with E-state index in [1.807, 2.05) is 13.0 Å². The van der Waals surface area contributed by atoms with Crippen LogP contribution in [0.2, 0.25) is 0 Å². The lowest BCUT2D eigenvalue weighted by molar-refractivity contribution is -0.138. The Morgan fingerprint density at radius 2 is 1.86 bits per heavy atom. The number of nitrogens with one attached hydrogen (secondary N) is 1. The number of benzene rings is 2. The summed E-state index contributed by atoms with van der Waals surface area (Å²) in [7, 11) is -0.344. The molecule has 1 atom stereocenters. The van der Waals surface area contributed by atoms with E-state index in [0.29, 0.717) is 11.4 Å². The van der Waals surface area contributed by atoms with Crippen molar-refractivity contribution in [2.45, 2.75) is 26.1 Å². The molecule has 0 bridgehead atoms. The molecule has 3 aromatic rings. The molecule has 0 amide bonds. The number of nitrogens with zero attached hydrogens (tertiary/aromatic N) is 2. The third-order valence-electron chi connectivity index (χ3n) is 4.69. The second kappa shape index (κ2) is 7.96. The molecule has 1 N–H and O–H groups in total. The third kappa shape index (κ3) is 4.15. The zero-order chi connectivity index (χ0) is 20.6. The number of anilines is 1. The van der Waals surface area contributed by atoms with Gasteiger partial charge in [-0.25, -0.2) is 9.97 Å².